The lowest BCUT2D eigenvalue weighted by molar-refractivity contribution is -0.137. The molecule has 1 aliphatic carbocycles. The van der Waals surface area contributed by atoms with Gasteiger partial charge in [-0.2, -0.15) is 0 Å². The summed E-state index contributed by atoms with van der Waals surface area (Å²) in [5.41, 5.74) is 7.92. The van der Waals surface area contributed by atoms with E-state index in [1.54, 1.807) is 0 Å². The molecular weight excluding hydrogens is 224 g/mol. The lowest BCUT2D eigenvalue weighted by Gasteiger charge is -2.25. The number of aryl methyl sites for hydroxylation is 1. The lowest BCUT2D eigenvalue weighted by atomic mass is 10.0. The van der Waals surface area contributed by atoms with Crippen LogP contribution in [0.3, 0.4) is 0 Å². The van der Waals surface area contributed by atoms with Gasteiger partial charge in [0, 0.05) is 19.6 Å². The molecule has 0 heterocycles. The van der Waals surface area contributed by atoms with Crippen molar-refractivity contribution in [3.8, 4) is 0 Å². The van der Waals surface area contributed by atoms with Gasteiger partial charge in [-0.1, -0.05) is 29.8 Å². The summed E-state index contributed by atoms with van der Waals surface area (Å²) in [5, 5.41) is 0. The van der Waals surface area contributed by atoms with E-state index in [4.69, 9.17) is 5.73 Å². The van der Waals surface area contributed by atoms with Gasteiger partial charge < -0.3 is 10.6 Å². The van der Waals surface area contributed by atoms with Gasteiger partial charge in [0.05, 0.1) is 5.41 Å². The quantitative estimate of drug-likeness (QED) is 0.864. The van der Waals surface area contributed by atoms with E-state index >= 15 is 0 Å². The lowest BCUT2D eigenvalue weighted by Crippen LogP contribution is -2.40. The van der Waals surface area contributed by atoms with Gasteiger partial charge in [-0.3, -0.25) is 4.79 Å². The predicted molar refractivity (Wildman–Crippen MR) is 73.0 cm³/mol. The van der Waals surface area contributed by atoms with E-state index in [1.807, 2.05) is 17.9 Å². The molecule has 1 aromatic rings. The van der Waals surface area contributed by atoms with Crippen LogP contribution in [0.2, 0.25) is 0 Å². The first-order valence-electron chi connectivity index (χ1n) is 6.66. The molecule has 0 atom stereocenters. The fourth-order valence-corrected chi connectivity index (χ4v) is 2.35. The van der Waals surface area contributed by atoms with Crippen molar-refractivity contribution in [2.75, 3.05) is 13.1 Å². The minimum atomic E-state index is -0.236. The van der Waals surface area contributed by atoms with Crippen molar-refractivity contribution < 1.29 is 4.79 Å². The monoisotopic (exact) mass is 246 g/mol. The maximum absolute atomic E-state index is 12.4. The molecule has 0 unspecified atom stereocenters. The number of carbonyl (C=O) groups is 1. The smallest absolute Gasteiger partial charge is 0.230 e. The molecule has 1 aliphatic rings. The third kappa shape index (κ3) is 2.56. The second kappa shape index (κ2) is 5.11. The topological polar surface area (TPSA) is 46.3 Å². The Balaban J connectivity index is 2.08. The van der Waals surface area contributed by atoms with E-state index in [0.29, 0.717) is 13.1 Å². The highest BCUT2D eigenvalue weighted by Gasteiger charge is 2.50. The zero-order valence-corrected chi connectivity index (χ0v) is 11.3. The van der Waals surface area contributed by atoms with Gasteiger partial charge in [0.15, 0.2) is 0 Å². The fourth-order valence-electron chi connectivity index (χ4n) is 2.35. The van der Waals surface area contributed by atoms with Crippen molar-refractivity contribution in [2.45, 2.75) is 33.2 Å². The Morgan fingerprint density at radius 2 is 2.17 bits per heavy atom. The fraction of sp³-hybridized carbons (Fsp3) is 0.533. The number of amides is 1. The number of nitrogens with two attached hydrogens (primary N) is 1. The van der Waals surface area contributed by atoms with E-state index < -0.39 is 0 Å². The van der Waals surface area contributed by atoms with Crippen LogP contribution in [0.25, 0.3) is 0 Å². The maximum atomic E-state index is 12.4. The van der Waals surface area contributed by atoms with E-state index in [2.05, 4.69) is 25.1 Å². The van der Waals surface area contributed by atoms with Crippen LogP contribution >= 0.6 is 0 Å². The SMILES string of the molecule is CCN(Cc1cccc(C)c1)C(=O)C1(CN)CC1. The molecule has 0 bridgehead atoms. The number of hydrogen-bond donors (Lipinski definition) is 1. The summed E-state index contributed by atoms with van der Waals surface area (Å²) < 4.78 is 0. The zero-order valence-electron chi connectivity index (χ0n) is 11.3. The Morgan fingerprint density at radius 3 is 2.67 bits per heavy atom. The van der Waals surface area contributed by atoms with Crippen molar-refractivity contribution in [2.24, 2.45) is 11.1 Å². The van der Waals surface area contributed by atoms with Crippen LogP contribution in [0.5, 0.6) is 0 Å². The first-order valence-corrected chi connectivity index (χ1v) is 6.66. The summed E-state index contributed by atoms with van der Waals surface area (Å²) in [6.45, 7) is 6.02. The molecular formula is C15H22N2O. The molecule has 3 heteroatoms. The van der Waals surface area contributed by atoms with Gasteiger partial charge in [-0.25, -0.2) is 0 Å². The average molecular weight is 246 g/mol. The minimum Gasteiger partial charge on any atom is -0.338 e. The van der Waals surface area contributed by atoms with Crippen LogP contribution in [0.1, 0.15) is 30.9 Å². The van der Waals surface area contributed by atoms with Gasteiger partial charge in [-0.15, -0.1) is 0 Å². The number of benzene rings is 1. The molecule has 0 spiro atoms. The van der Waals surface area contributed by atoms with E-state index in [-0.39, 0.29) is 11.3 Å². The van der Waals surface area contributed by atoms with E-state index in [9.17, 15) is 4.79 Å². The Kier molecular flexibility index (Phi) is 3.71. The summed E-state index contributed by atoms with van der Waals surface area (Å²) in [5.74, 6) is 0.231. The maximum Gasteiger partial charge on any atom is 0.230 e. The molecule has 2 rings (SSSR count). The zero-order chi connectivity index (χ0) is 13.2. The summed E-state index contributed by atoms with van der Waals surface area (Å²) in [6, 6.07) is 8.32. The predicted octanol–water partition coefficient (Wildman–Crippen LogP) is 2.08. The number of carbonyl (C=O) groups excluding carboxylic acids is 1. The molecule has 18 heavy (non-hydrogen) atoms. The third-order valence-corrected chi connectivity index (χ3v) is 3.82. The van der Waals surface area contributed by atoms with Crippen molar-refractivity contribution >= 4 is 5.91 Å². The standard InChI is InChI=1S/C15H22N2O/c1-3-17(14(18)15(11-16)7-8-15)10-13-6-4-5-12(2)9-13/h4-6,9H,3,7-8,10-11,16H2,1-2H3. The van der Waals surface area contributed by atoms with Gasteiger partial charge in [0.25, 0.3) is 0 Å². The van der Waals surface area contributed by atoms with Gasteiger partial charge >= 0.3 is 0 Å². The molecule has 1 fully saturated rings. The molecule has 1 amide bonds. The summed E-state index contributed by atoms with van der Waals surface area (Å²) in [4.78, 5) is 14.4. The van der Waals surface area contributed by atoms with Crippen LogP contribution < -0.4 is 5.73 Å². The minimum absolute atomic E-state index is 0.231. The highest BCUT2D eigenvalue weighted by atomic mass is 16.2. The van der Waals surface area contributed by atoms with E-state index in [1.165, 1.54) is 11.1 Å². The van der Waals surface area contributed by atoms with Crippen LogP contribution in [0.4, 0.5) is 0 Å². The number of rotatable bonds is 5. The van der Waals surface area contributed by atoms with E-state index in [0.717, 1.165) is 19.4 Å². The summed E-state index contributed by atoms with van der Waals surface area (Å²) in [6.07, 6.45) is 1.90. The molecule has 2 N–H and O–H groups in total. The Labute approximate surface area is 109 Å². The summed E-state index contributed by atoms with van der Waals surface area (Å²) in [7, 11) is 0. The molecule has 0 aromatic heterocycles. The molecule has 3 nitrogen and oxygen atoms in total. The normalized spacial score (nSPS) is 16.4. The number of hydrogen-bond acceptors (Lipinski definition) is 2. The van der Waals surface area contributed by atoms with Crippen molar-refractivity contribution in [1.82, 2.24) is 4.90 Å². The molecule has 0 radical (unpaired) electrons. The van der Waals surface area contributed by atoms with Crippen molar-refractivity contribution in [3.05, 3.63) is 35.4 Å². The van der Waals surface area contributed by atoms with Gasteiger partial charge in [-0.05, 0) is 32.3 Å². The molecule has 1 aromatic carbocycles. The first kappa shape index (κ1) is 13.1. The average Bonchev–Trinajstić information content (AvgIpc) is 3.16. The Hall–Kier alpha value is -1.35. The second-order valence-electron chi connectivity index (χ2n) is 5.29. The molecule has 0 saturated heterocycles. The van der Waals surface area contributed by atoms with Gasteiger partial charge in [0.1, 0.15) is 0 Å². The highest BCUT2D eigenvalue weighted by Crippen LogP contribution is 2.46. The summed E-state index contributed by atoms with van der Waals surface area (Å²) >= 11 is 0. The molecule has 98 valence electrons. The van der Waals surface area contributed by atoms with Crippen molar-refractivity contribution in [3.63, 3.8) is 0 Å². The van der Waals surface area contributed by atoms with Crippen molar-refractivity contribution in [1.29, 1.82) is 0 Å². The van der Waals surface area contributed by atoms with Crippen LogP contribution in [-0.4, -0.2) is 23.9 Å². The van der Waals surface area contributed by atoms with Crippen LogP contribution in [-0.2, 0) is 11.3 Å². The van der Waals surface area contributed by atoms with Gasteiger partial charge in [0.2, 0.25) is 5.91 Å². The molecule has 0 aliphatic heterocycles. The van der Waals surface area contributed by atoms with Crippen LogP contribution in [0, 0.1) is 12.3 Å². The first-order chi connectivity index (χ1) is 8.61. The van der Waals surface area contributed by atoms with Crippen LogP contribution in [0.15, 0.2) is 24.3 Å². The Morgan fingerprint density at radius 1 is 1.44 bits per heavy atom. The molecule has 1 saturated carbocycles. The largest absolute Gasteiger partial charge is 0.338 e. The Bertz CT molecular complexity index is 438. The second-order valence-corrected chi connectivity index (χ2v) is 5.29. The third-order valence-electron chi connectivity index (χ3n) is 3.82. The highest BCUT2D eigenvalue weighted by molar-refractivity contribution is 5.85. The number of nitrogens with zero attached hydrogens (tertiary/aromatic N) is 1.